The van der Waals surface area contributed by atoms with Crippen molar-refractivity contribution in [3.05, 3.63) is 0 Å². The molecule has 2 fully saturated rings. The van der Waals surface area contributed by atoms with E-state index in [0.29, 0.717) is 45.3 Å². The topological polar surface area (TPSA) is 79.3 Å². The number of carbonyl (C=O) groups is 2. The number of hydrogen-bond acceptors (Lipinski definition) is 6. The van der Waals surface area contributed by atoms with Crippen LogP contribution in [0.1, 0.15) is 54.4 Å². The first-order chi connectivity index (χ1) is 12.0. The Morgan fingerprint density at radius 3 is 2.22 bits per heavy atom. The molecule has 1 saturated heterocycles. The summed E-state index contributed by atoms with van der Waals surface area (Å²) < 4.78 is 25.3. The van der Waals surface area contributed by atoms with Crippen molar-refractivity contribution in [2.24, 2.45) is 0 Å². The van der Waals surface area contributed by atoms with Crippen molar-refractivity contribution in [2.75, 3.05) is 26.2 Å². The van der Waals surface area contributed by atoms with Gasteiger partial charge in [-0.25, -0.2) is 9.18 Å². The number of piperazine rings is 1. The number of amides is 1. The van der Waals surface area contributed by atoms with Crippen LogP contribution in [0.2, 0.25) is 0 Å². The summed E-state index contributed by atoms with van der Waals surface area (Å²) in [5.41, 5.74) is -0.528. The van der Waals surface area contributed by atoms with Gasteiger partial charge in [-0.3, -0.25) is 9.69 Å². The quantitative estimate of drug-likeness (QED) is 0.586. The maximum atomic E-state index is 14.6. The van der Waals surface area contributed by atoms with Crippen molar-refractivity contribution >= 4 is 12.4 Å². The van der Waals surface area contributed by atoms with Gasteiger partial charge in [-0.2, -0.15) is 0 Å². The summed E-state index contributed by atoms with van der Waals surface area (Å²) in [5, 5.41) is 9.67. The van der Waals surface area contributed by atoms with E-state index in [1.165, 1.54) is 6.92 Å². The fourth-order valence-corrected chi connectivity index (χ4v) is 3.51. The van der Waals surface area contributed by atoms with Gasteiger partial charge in [0.2, 0.25) is 5.79 Å². The standard InChI is InChI=1S/C18H31FN2O5.CH4/c1-17(2,3)26-16(23)21-9-7-20(8-10-21)15-6-5-13(11-14(15)19)25-18(4,24)12-22;/h12-15,24H,5-11H2,1-4H3;1H4. The zero-order valence-electron chi connectivity index (χ0n) is 16.1. The maximum Gasteiger partial charge on any atom is 0.410 e. The average Bonchev–Trinajstić information content (AvgIpc) is 2.53. The number of hydrogen-bond donors (Lipinski definition) is 1. The summed E-state index contributed by atoms with van der Waals surface area (Å²) in [7, 11) is 0. The summed E-state index contributed by atoms with van der Waals surface area (Å²) in [6.45, 7) is 8.97. The van der Waals surface area contributed by atoms with E-state index in [2.05, 4.69) is 4.90 Å². The van der Waals surface area contributed by atoms with Crippen LogP contribution in [0.25, 0.3) is 0 Å². The van der Waals surface area contributed by atoms with Crippen molar-refractivity contribution in [3.63, 3.8) is 0 Å². The lowest BCUT2D eigenvalue weighted by Gasteiger charge is -2.43. The molecule has 1 heterocycles. The molecule has 0 bridgehead atoms. The van der Waals surface area contributed by atoms with Crippen LogP contribution >= 0.6 is 0 Å². The van der Waals surface area contributed by atoms with Crippen LogP contribution in [0.4, 0.5) is 9.18 Å². The number of alkyl halides is 1. The van der Waals surface area contributed by atoms with E-state index in [4.69, 9.17) is 9.47 Å². The Hall–Kier alpha value is -1.25. The van der Waals surface area contributed by atoms with Gasteiger partial charge in [0.25, 0.3) is 0 Å². The Balaban J connectivity index is 0.00000364. The van der Waals surface area contributed by atoms with Crippen LogP contribution < -0.4 is 0 Å². The van der Waals surface area contributed by atoms with Gasteiger partial charge in [-0.1, -0.05) is 7.43 Å². The molecular formula is C19H35FN2O5. The summed E-state index contributed by atoms with van der Waals surface area (Å²) in [5.74, 6) is -1.86. The molecule has 7 nitrogen and oxygen atoms in total. The molecule has 1 amide bonds. The number of aldehydes is 1. The molecule has 2 rings (SSSR count). The van der Waals surface area contributed by atoms with E-state index >= 15 is 0 Å². The Kier molecular flexibility index (Phi) is 8.19. The number of ether oxygens (including phenoxy) is 2. The van der Waals surface area contributed by atoms with Crippen molar-refractivity contribution in [3.8, 4) is 0 Å². The first kappa shape index (κ1) is 23.8. The molecule has 158 valence electrons. The van der Waals surface area contributed by atoms with E-state index in [1.807, 2.05) is 20.8 Å². The molecule has 4 unspecified atom stereocenters. The molecule has 0 spiro atoms. The molecule has 0 radical (unpaired) electrons. The van der Waals surface area contributed by atoms with Crippen LogP contribution in [0, 0.1) is 0 Å². The van der Waals surface area contributed by atoms with Gasteiger partial charge in [0.05, 0.1) is 6.10 Å². The monoisotopic (exact) mass is 390 g/mol. The second kappa shape index (κ2) is 9.30. The third-order valence-electron chi connectivity index (χ3n) is 4.75. The van der Waals surface area contributed by atoms with Crippen LogP contribution in [0.5, 0.6) is 0 Å². The number of nitrogens with zero attached hydrogens (tertiary/aromatic N) is 2. The van der Waals surface area contributed by atoms with Gasteiger partial charge in [0.1, 0.15) is 11.8 Å². The second-order valence-corrected chi connectivity index (χ2v) is 8.31. The Morgan fingerprint density at radius 2 is 1.74 bits per heavy atom. The predicted octanol–water partition coefficient (Wildman–Crippen LogP) is 2.36. The van der Waals surface area contributed by atoms with E-state index in [-0.39, 0.29) is 26.0 Å². The summed E-state index contributed by atoms with van der Waals surface area (Å²) in [6.07, 6.45) is -0.242. The molecule has 0 aromatic heterocycles. The number of rotatable bonds is 4. The summed E-state index contributed by atoms with van der Waals surface area (Å²) in [4.78, 5) is 26.6. The van der Waals surface area contributed by atoms with Crippen molar-refractivity contribution < 1.29 is 28.6 Å². The van der Waals surface area contributed by atoms with Gasteiger partial charge >= 0.3 is 6.09 Å². The molecule has 8 heteroatoms. The van der Waals surface area contributed by atoms with Crippen LogP contribution in [-0.4, -0.2) is 83.2 Å². The highest BCUT2D eigenvalue weighted by molar-refractivity contribution is 5.68. The fourth-order valence-electron chi connectivity index (χ4n) is 3.51. The van der Waals surface area contributed by atoms with Crippen LogP contribution in [0.15, 0.2) is 0 Å². The summed E-state index contributed by atoms with van der Waals surface area (Å²) in [6, 6.07) is -0.225. The highest BCUT2D eigenvalue weighted by atomic mass is 19.1. The largest absolute Gasteiger partial charge is 0.444 e. The highest BCUT2D eigenvalue weighted by Crippen LogP contribution is 2.30. The number of aliphatic hydroxyl groups is 1. The third-order valence-corrected chi connectivity index (χ3v) is 4.75. The first-order valence-corrected chi connectivity index (χ1v) is 9.23. The highest BCUT2D eigenvalue weighted by Gasteiger charge is 2.39. The van der Waals surface area contributed by atoms with Gasteiger partial charge in [0, 0.05) is 38.6 Å². The van der Waals surface area contributed by atoms with Crippen LogP contribution in [-0.2, 0) is 14.3 Å². The minimum Gasteiger partial charge on any atom is -0.444 e. The zero-order valence-corrected chi connectivity index (χ0v) is 16.1. The van der Waals surface area contributed by atoms with Crippen molar-refractivity contribution in [1.82, 2.24) is 9.80 Å². The van der Waals surface area contributed by atoms with E-state index in [9.17, 15) is 19.1 Å². The number of halogens is 1. The van der Waals surface area contributed by atoms with Gasteiger partial charge in [-0.05, 0) is 40.5 Å². The molecule has 1 saturated carbocycles. The van der Waals surface area contributed by atoms with E-state index in [1.54, 1.807) is 4.90 Å². The minimum absolute atomic E-state index is 0. The molecule has 1 N–H and O–H groups in total. The van der Waals surface area contributed by atoms with E-state index < -0.39 is 23.7 Å². The lowest BCUT2D eigenvalue weighted by atomic mass is 9.89. The van der Waals surface area contributed by atoms with E-state index in [0.717, 1.165) is 0 Å². The Morgan fingerprint density at radius 1 is 1.15 bits per heavy atom. The molecule has 1 aliphatic heterocycles. The van der Waals surface area contributed by atoms with Crippen molar-refractivity contribution in [2.45, 2.75) is 84.1 Å². The first-order valence-electron chi connectivity index (χ1n) is 9.23. The lowest BCUT2D eigenvalue weighted by Crippen LogP contribution is -2.56. The molecule has 0 aromatic rings. The summed E-state index contributed by atoms with van der Waals surface area (Å²) >= 11 is 0. The normalized spacial score (nSPS) is 29.4. The zero-order chi connectivity index (χ0) is 19.5. The van der Waals surface area contributed by atoms with Crippen molar-refractivity contribution in [1.29, 1.82) is 0 Å². The van der Waals surface area contributed by atoms with Crippen LogP contribution in [0.3, 0.4) is 0 Å². The molecule has 4 atom stereocenters. The van der Waals surface area contributed by atoms with Gasteiger partial charge < -0.3 is 19.5 Å². The molecule has 2 aliphatic rings. The second-order valence-electron chi connectivity index (χ2n) is 8.31. The molecule has 0 aromatic carbocycles. The Labute approximate surface area is 161 Å². The van der Waals surface area contributed by atoms with Gasteiger partial charge in [-0.15, -0.1) is 0 Å². The van der Waals surface area contributed by atoms with Gasteiger partial charge in [0.15, 0.2) is 6.29 Å². The molecule has 1 aliphatic carbocycles. The minimum atomic E-state index is -1.86. The SMILES string of the molecule is C.CC(C)(C)OC(=O)N1CCN(C2CCC(OC(C)(O)C=O)CC2F)CC1. The molecular weight excluding hydrogens is 355 g/mol. The lowest BCUT2D eigenvalue weighted by molar-refractivity contribution is -0.213. The smallest absolute Gasteiger partial charge is 0.410 e. The fraction of sp³-hybridized carbons (Fsp3) is 0.895. The molecule has 27 heavy (non-hydrogen) atoms. The maximum absolute atomic E-state index is 14.6. The average molecular weight is 390 g/mol. The third kappa shape index (κ3) is 7.01. The predicted molar refractivity (Wildman–Crippen MR) is 100 cm³/mol. The number of carbonyl (C=O) groups excluding carboxylic acids is 2. The Bertz CT molecular complexity index is 501.